The summed E-state index contributed by atoms with van der Waals surface area (Å²) in [5.41, 5.74) is 0.767. The average Bonchev–Trinajstić information content (AvgIpc) is 1.87. The van der Waals surface area contributed by atoms with Crippen molar-refractivity contribution in [2.75, 3.05) is 0 Å². The van der Waals surface area contributed by atoms with Crippen molar-refractivity contribution in [1.82, 2.24) is 0 Å². The van der Waals surface area contributed by atoms with Gasteiger partial charge in [0.15, 0.2) is 5.84 Å². The van der Waals surface area contributed by atoms with E-state index >= 15 is 0 Å². The number of allylic oxidation sites excluding steroid dienone is 2. The van der Waals surface area contributed by atoms with E-state index in [1.165, 1.54) is 0 Å². The lowest BCUT2D eigenvalue weighted by Crippen LogP contribution is -1.88. The van der Waals surface area contributed by atoms with E-state index in [9.17, 15) is 0 Å². The predicted octanol–water partition coefficient (Wildman–Crippen LogP) is 2.59. The molecule has 0 spiro atoms. The van der Waals surface area contributed by atoms with Gasteiger partial charge in [0, 0.05) is 11.9 Å². The van der Waals surface area contributed by atoms with Crippen LogP contribution < -0.4 is 0 Å². The quantitative estimate of drug-likeness (QED) is 0.427. The lowest BCUT2D eigenvalue weighted by atomic mass is 10.4. The van der Waals surface area contributed by atoms with Gasteiger partial charge in [-0.2, -0.15) is 0 Å². The Hall–Kier alpha value is -1.18. The number of aliphatic imine (C=N–C) groups is 2. The van der Waals surface area contributed by atoms with Crippen LogP contribution in [0, 0.1) is 0 Å². The van der Waals surface area contributed by atoms with Gasteiger partial charge in [0.1, 0.15) is 0 Å². The molecule has 0 fully saturated rings. The molecule has 0 unspecified atom stereocenters. The highest BCUT2D eigenvalue weighted by molar-refractivity contribution is 5.98. The Labute approximate surface area is 68.1 Å². The highest BCUT2D eigenvalue weighted by Crippen LogP contribution is 1.93. The number of nitrogens with zero attached hydrogens (tertiary/aromatic N) is 2. The second kappa shape index (κ2) is 5.59. The molecule has 0 N–H and O–H groups in total. The third-order valence-electron chi connectivity index (χ3n) is 0.883. The molecular formula is C9H14N2. The molecule has 0 heterocycles. The standard InChI is InChI=1S/C9H14N2/c1-5-7-9(10-6-2)11-8(3)4/h5-7H,3H2,1-2,4H3/b7-5-,10-6?,11-9?. The Morgan fingerprint density at radius 1 is 1.36 bits per heavy atom. The summed E-state index contributed by atoms with van der Waals surface area (Å²) in [4.78, 5) is 8.13. The van der Waals surface area contributed by atoms with Crippen LogP contribution in [-0.2, 0) is 0 Å². The molecule has 0 aliphatic carbocycles. The maximum atomic E-state index is 4.09. The monoisotopic (exact) mass is 150 g/mol. The van der Waals surface area contributed by atoms with Crippen LogP contribution in [0.2, 0.25) is 0 Å². The van der Waals surface area contributed by atoms with Crippen LogP contribution in [0.1, 0.15) is 20.8 Å². The van der Waals surface area contributed by atoms with Crippen molar-refractivity contribution in [2.45, 2.75) is 20.8 Å². The van der Waals surface area contributed by atoms with Crippen molar-refractivity contribution in [3.8, 4) is 0 Å². The van der Waals surface area contributed by atoms with E-state index in [1.54, 1.807) is 6.21 Å². The minimum absolute atomic E-state index is 0.697. The first-order valence-corrected chi connectivity index (χ1v) is 3.56. The zero-order chi connectivity index (χ0) is 8.69. The molecule has 0 amide bonds. The Bertz CT molecular complexity index is 196. The minimum Gasteiger partial charge on any atom is -0.242 e. The van der Waals surface area contributed by atoms with Gasteiger partial charge in [0.25, 0.3) is 0 Å². The molecule has 11 heavy (non-hydrogen) atoms. The van der Waals surface area contributed by atoms with Gasteiger partial charge in [-0.3, -0.25) is 0 Å². The Balaban J connectivity index is 4.45. The van der Waals surface area contributed by atoms with Crippen LogP contribution in [0.4, 0.5) is 0 Å². The van der Waals surface area contributed by atoms with Gasteiger partial charge in [-0.25, -0.2) is 9.98 Å². The Morgan fingerprint density at radius 2 is 2.00 bits per heavy atom. The predicted molar refractivity (Wildman–Crippen MR) is 51.2 cm³/mol. The molecule has 0 aliphatic rings. The smallest absolute Gasteiger partial charge is 0.151 e. The van der Waals surface area contributed by atoms with Gasteiger partial charge >= 0.3 is 0 Å². The summed E-state index contributed by atoms with van der Waals surface area (Å²) in [6.45, 7) is 9.29. The molecule has 0 radical (unpaired) electrons. The molecule has 0 saturated heterocycles. The molecule has 0 aromatic carbocycles. The van der Waals surface area contributed by atoms with Crippen molar-refractivity contribution in [3.05, 3.63) is 24.4 Å². The third-order valence-corrected chi connectivity index (χ3v) is 0.883. The molecule has 60 valence electrons. The van der Waals surface area contributed by atoms with E-state index in [-0.39, 0.29) is 0 Å². The Kier molecular flexibility index (Phi) is 4.99. The molecule has 2 nitrogen and oxygen atoms in total. The zero-order valence-corrected chi connectivity index (χ0v) is 7.33. The van der Waals surface area contributed by atoms with Gasteiger partial charge in [-0.05, 0) is 26.8 Å². The van der Waals surface area contributed by atoms with Crippen molar-refractivity contribution in [1.29, 1.82) is 0 Å². The van der Waals surface area contributed by atoms with Crippen LogP contribution >= 0.6 is 0 Å². The molecule has 0 atom stereocenters. The molecule has 0 saturated carbocycles. The topological polar surface area (TPSA) is 24.7 Å². The van der Waals surface area contributed by atoms with Crippen molar-refractivity contribution in [2.24, 2.45) is 9.98 Å². The first-order valence-electron chi connectivity index (χ1n) is 3.56. The molecule has 0 aliphatic heterocycles. The normalized spacial score (nSPS) is 13.2. The molecular weight excluding hydrogens is 136 g/mol. The van der Waals surface area contributed by atoms with Crippen molar-refractivity contribution >= 4 is 12.1 Å². The molecule has 0 bridgehead atoms. The number of rotatable bonds is 2. The summed E-state index contributed by atoms with van der Waals surface area (Å²) in [6.07, 6.45) is 5.45. The van der Waals surface area contributed by atoms with E-state index in [2.05, 4.69) is 16.6 Å². The molecule has 0 aromatic rings. The molecule has 0 aromatic heterocycles. The first-order chi connectivity index (χ1) is 5.20. The number of hydrogen-bond donors (Lipinski definition) is 0. The average molecular weight is 150 g/mol. The lowest BCUT2D eigenvalue weighted by Gasteiger charge is -1.91. The highest BCUT2D eigenvalue weighted by atomic mass is 14.9. The largest absolute Gasteiger partial charge is 0.242 e. The maximum absolute atomic E-state index is 4.09. The van der Waals surface area contributed by atoms with Crippen LogP contribution in [0.15, 0.2) is 34.4 Å². The summed E-state index contributed by atoms with van der Waals surface area (Å²) >= 11 is 0. The van der Waals surface area contributed by atoms with Gasteiger partial charge in [0.2, 0.25) is 0 Å². The summed E-state index contributed by atoms with van der Waals surface area (Å²) < 4.78 is 0. The molecule has 2 heteroatoms. The van der Waals surface area contributed by atoms with E-state index in [0.717, 1.165) is 5.70 Å². The van der Waals surface area contributed by atoms with Crippen LogP contribution in [0.5, 0.6) is 0 Å². The van der Waals surface area contributed by atoms with E-state index in [4.69, 9.17) is 0 Å². The number of hydrogen-bond acceptors (Lipinski definition) is 1. The van der Waals surface area contributed by atoms with Gasteiger partial charge < -0.3 is 0 Å². The SMILES string of the molecule is C=C(C)N=C(/C=C\C)N=CC. The second-order valence-corrected chi connectivity index (χ2v) is 2.09. The van der Waals surface area contributed by atoms with Gasteiger partial charge in [-0.15, -0.1) is 0 Å². The van der Waals surface area contributed by atoms with E-state index < -0.39 is 0 Å². The number of amidine groups is 1. The highest BCUT2D eigenvalue weighted by Gasteiger charge is 1.85. The lowest BCUT2D eigenvalue weighted by molar-refractivity contribution is 1.31. The fourth-order valence-corrected chi connectivity index (χ4v) is 0.586. The zero-order valence-electron chi connectivity index (χ0n) is 7.33. The maximum Gasteiger partial charge on any atom is 0.151 e. The fraction of sp³-hybridized carbons (Fsp3) is 0.333. The van der Waals surface area contributed by atoms with Crippen LogP contribution in [0.25, 0.3) is 0 Å². The summed E-state index contributed by atoms with van der Waals surface area (Å²) in [5.74, 6) is 0.697. The fourth-order valence-electron chi connectivity index (χ4n) is 0.586. The van der Waals surface area contributed by atoms with Gasteiger partial charge in [0.05, 0.1) is 0 Å². The first kappa shape index (κ1) is 9.82. The van der Waals surface area contributed by atoms with E-state index in [0.29, 0.717) is 5.84 Å². The Morgan fingerprint density at radius 3 is 2.36 bits per heavy atom. The van der Waals surface area contributed by atoms with Crippen LogP contribution in [0.3, 0.4) is 0 Å². The minimum atomic E-state index is 0.697. The third kappa shape index (κ3) is 5.27. The van der Waals surface area contributed by atoms with Gasteiger partial charge in [-0.1, -0.05) is 12.7 Å². The van der Waals surface area contributed by atoms with Crippen molar-refractivity contribution < 1.29 is 0 Å². The summed E-state index contributed by atoms with van der Waals surface area (Å²) in [7, 11) is 0. The summed E-state index contributed by atoms with van der Waals surface area (Å²) in [5, 5.41) is 0. The van der Waals surface area contributed by atoms with Crippen molar-refractivity contribution in [3.63, 3.8) is 0 Å². The summed E-state index contributed by atoms with van der Waals surface area (Å²) in [6, 6.07) is 0. The van der Waals surface area contributed by atoms with E-state index in [1.807, 2.05) is 32.9 Å². The second-order valence-electron chi connectivity index (χ2n) is 2.09. The molecule has 0 rings (SSSR count). The van der Waals surface area contributed by atoms with Crippen LogP contribution in [-0.4, -0.2) is 12.1 Å².